The molecule has 7 heteroatoms. The van der Waals surface area contributed by atoms with Crippen molar-refractivity contribution in [3.63, 3.8) is 0 Å². The van der Waals surface area contributed by atoms with Gasteiger partial charge in [-0.1, -0.05) is 24.3 Å². The lowest BCUT2D eigenvalue weighted by molar-refractivity contribution is 0.0959. The first-order valence-corrected chi connectivity index (χ1v) is 9.51. The molecule has 2 aromatic carbocycles. The minimum Gasteiger partial charge on any atom is -0.382 e. The van der Waals surface area contributed by atoms with Gasteiger partial charge in [-0.05, 0) is 47.7 Å². The first-order valence-electron chi connectivity index (χ1n) is 9.51. The Balaban J connectivity index is 1.51. The van der Waals surface area contributed by atoms with Crippen LogP contribution in [0.1, 0.15) is 39.6 Å². The summed E-state index contributed by atoms with van der Waals surface area (Å²) >= 11 is 0. The summed E-state index contributed by atoms with van der Waals surface area (Å²) in [6, 6.07) is 13.1. The Bertz CT molecular complexity index is 1070. The smallest absolute Gasteiger partial charge is 0.273 e. The molecule has 1 amide bonds. The van der Waals surface area contributed by atoms with Crippen molar-refractivity contribution in [1.82, 2.24) is 20.6 Å². The van der Waals surface area contributed by atoms with Crippen LogP contribution in [0, 0.1) is 5.82 Å². The van der Waals surface area contributed by atoms with Gasteiger partial charge < -0.3 is 16.4 Å². The second kappa shape index (κ2) is 7.97. The average Bonchev–Trinajstić information content (AvgIpc) is 3.14. The van der Waals surface area contributed by atoms with Crippen molar-refractivity contribution in [2.24, 2.45) is 0 Å². The van der Waals surface area contributed by atoms with Crippen molar-refractivity contribution in [3.8, 4) is 11.3 Å². The highest BCUT2D eigenvalue weighted by atomic mass is 19.1. The molecule has 1 atom stereocenters. The van der Waals surface area contributed by atoms with Crippen LogP contribution in [-0.4, -0.2) is 22.9 Å². The Kier molecular flexibility index (Phi) is 5.22. The van der Waals surface area contributed by atoms with Gasteiger partial charge in [0.15, 0.2) is 11.5 Å². The Morgan fingerprint density at radius 3 is 2.97 bits per heavy atom. The molecule has 4 N–H and O–H groups in total. The van der Waals surface area contributed by atoms with Crippen molar-refractivity contribution in [1.29, 1.82) is 0 Å². The van der Waals surface area contributed by atoms with Crippen molar-refractivity contribution >= 4 is 11.7 Å². The summed E-state index contributed by atoms with van der Waals surface area (Å²) in [6.07, 6.45) is 3.40. The molecular formula is C22H22FN5O. The Labute approximate surface area is 168 Å². The maximum atomic E-state index is 13.4. The van der Waals surface area contributed by atoms with Gasteiger partial charge in [0.2, 0.25) is 0 Å². The van der Waals surface area contributed by atoms with Crippen molar-refractivity contribution in [2.75, 3.05) is 12.8 Å². The summed E-state index contributed by atoms with van der Waals surface area (Å²) in [4.78, 5) is 20.4. The number of aryl methyl sites for hydroxylation is 1. The number of amides is 1. The average molecular weight is 391 g/mol. The quantitative estimate of drug-likeness (QED) is 0.622. The third-order valence-electron chi connectivity index (χ3n) is 5.20. The van der Waals surface area contributed by atoms with Crippen LogP contribution in [0.3, 0.4) is 0 Å². The van der Waals surface area contributed by atoms with Gasteiger partial charge in [0, 0.05) is 25.2 Å². The van der Waals surface area contributed by atoms with Crippen LogP contribution in [0.5, 0.6) is 0 Å². The van der Waals surface area contributed by atoms with E-state index in [4.69, 9.17) is 5.73 Å². The highest BCUT2D eigenvalue weighted by Gasteiger charge is 2.22. The first kappa shape index (κ1) is 19.0. The number of carbonyl (C=O) groups is 1. The molecular weight excluding hydrogens is 369 g/mol. The number of nitrogens with one attached hydrogen (secondary N) is 2. The zero-order valence-electron chi connectivity index (χ0n) is 16.1. The number of halogens is 1. The minimum atomic E-state index is -0.369. The van der Waals surface area contributed by atoms with Gasteiger partial charge in [0.25, 0.3) is 5.91 Å². The molecule has 0 saturated carbocycles. The molecule has 3 aromatic rings. The summed E-state index contributed by atoms with van der Waals surface area (Å²) in [5.74, 6) is -0.453. The number of fused-ring (bicyclic) bond motifs is 1. The zero-order chi connectivity index (χ0) is 20.4. The number of hydrogen-bond acceptors (Lipinski definition) is 5. The molecule has 29 heavy (non-hydrogen) atoms. The summed E-state index contributed by atoms with van der Waals surface area (Å²) in [5.41, 5.74) is 10.7. The summed E-state index contributed by atoms with van der Waals surface area (Å²) < 4.78 is 13.4. The number of hydrogen-bond donors (Lipinski definition) is 3. The third-order valence-corrected chi connectivity index (χ3v) is 5.20. The molecule has 1 heterocycles. The van der Waals surface area contributed by atoms with Gasteiger partial charge >= 0.3 is 0 Å². The van der Waals surface area contributed by atoms with E-state index in [9.17, 15) is 9.18 Å². The summed E-state index contributed by atoms with van der Waals surface area (Å²) in [7, 11) is 1.53. The normalized spacial score (nSPS) is 15.2. The van der Waals surface area contributed by atoms with Gasteiger partial charge in [-0.2, -0.15) is 0 Å². The van der Waals surface area contributed by atoms with E-state index in [2.05, 4.69) is 20.6 Å². The van der Waals surface area contributed by atoms with E-state index < -0.39 is 0 Å². The third kappa shape index (κ3) is 3.95. The van der Waals surface area contributed by atoms with E-state index in [1.165, 1.54) is 18.7 Å². The predicted molar refractivity (Wildman–Crippen MR) is 110 cm³/mol. The lowest BCUT2D eigenvalue weighted by Gasteiger charge is -2.15. The zero-order valence-corrected chi connectivity index (χ0v) is 16.1. The molecule has 1 aliphatic carbocycles. The lowest BCUT2D eigenvalue weighted by Crippen LogP contribution is -2.21. The van der Waals surface area contributed by atoms with Crippen LogP contribution < -0.4 is 16.4 Å². The van der Waals surface area contributed by atoms with Gasteiger partial charge in [0.05, 0.1) is 11.9 Å². The van der Waals surface area contributed by atoms with Gasteiger partial charge in [-0.3, -0.25) is 4.79 Å². The predicted octanol–water partition coefficient (Wildman–Crippen LogP) is 3.00. The fraction of sp³-hybridized carbons (Fsp3) is 0.227. The fourth-order valence-electron chi connectivity index (χ4n) is 3.70. The van der Waals surface area contributed by atoms with E-state index >= 15 is 0 Å². The van der Waals surface area contributed by atoms with Crippen molar-refractivity contribution < 1.29 is 9.18 Å². The van der Waals surface area contributed by atoms with Crippen LogP contribution in [0.2, 0.25) is 0 Å². The summed E-state index contributed by atoms with van der Waals surface area (Å²) in [6.45, 7) is 0.667. The standard InChI is InChI=1S/C22H22FN5O/c1-25-22(29)20-21(24)27-12-19(28-20)15-4-2-3-13(9-15)11-26-18-8-5-14-10-16(23)6-7-17(14)18/h2-4,6-7,9-10,12,18,26H,5,8,11H2,1H3,(H2,24,27)(H,25,29). The number of rotatable bonds is 5. The van der Waals surface area contributed by atoms with E-state index in [1.807, 2.05) is 30.3 Å². The highest BCUT2D eigenvalue weighted by molar-refractivity contribution is 5.96. The number of benzene rings is 2. The number of nitrogens with two attached hydrogens (primary N) is 1. The van der Waals surface area contributed by atoms with Crippen molar-refractivity contribution in [2.45, 2.75) is 25.4 Å². The molecule has 0 fully saturated rings. The summed E-state index contributed by atoms with van der Waals surface area (Å²) in [5, 5.41) is 6.08. The molecule has 0 radical (unpaired) electrons. The molecule has 1 aliphatic rings. The largest absolute Gasteiger partial charge is 0.382 e. The Morgan fingerprint density at radius 1 is 1.28 bits per heavy atom. The number of nitrogens with zero attached hydrogens (tertiary/aromatic N) is 2. The van der Waals surface area contributed by atoms with Crippen LogP contribution in [0.4, 0.5) is 10.2 Å². The monoisotopic (exact) mass is 391 g/mol. The van der Waals surface area contributed by atoms with Crippen LogP contribution in [0.15, 0.2) is 48.7 Å². The van der Waals surface area contributed by atoms with Crippen LogP contribution in [0.25, 0.3) is 11.3 Å². The molecule has 0 spiro atoms. The second-order valence-electron chi connectivity index (χ2n) is 7.08. The number of aromatic nitrogens is 2. The Hall–Kier alpha value is -3.32. The number of anilines is 1. The van der Waals surface area contributed by atoms with E-state index in [0.29, 0.717) is 12.2 Å². The molecule has 0 aliphatic heterocycles. The molecule has 148 valence electrons. The van der Waals surface area contributed by atoms with Crippen molar-refractivity contribution in [3.05, 3.63) is 76.9 Å². The van der Waals surface area contributed by atoms with E-state index in [1.54, 1.807) is 12.3 Å². The topological polar surface area (TPSA) is 92.9 Å². The fourth-order valence-corrected chi connectivity index (χ4v) is 3.70. The molecule has 0 saturated heterocycles. The highest BCUT2D eigenvalue weighted by Crippen LogP contribution is 2.32. The van der Waals surface area contributed by atoms with Crippen LogP contribution >= 0.6 is 0 Å². The van der Waals surface area contributed by atoms with Gasteiger partial charge in [-0.15, -0.1) is 0 Å². The second-order valence-corrected chi connectivity index (χ2v) is 7.08. The van der Waals surface area contributed by atoms with E-state index in [0.717, 1.165) is 29.5 Å². The molecule has 1 aromatic heterocycles. The first-order chi connectivity index (χ1) is 14.0. The van der Waals surface area contributed by atoms with Crippen LogP contribution in [-0.2, 0) is 13.0 Å². The maximum absolute atomic E-state index is 13.4. The minimum absolute atomic E-state index is 0.0993. The molecule has 1 unspecified atom stereocenters. The lowest BCUT2D eigenvalue weighted by atomic mass is 10.1. The number of carbonyl (C=O) groups excluding carboxylic acids is 1. The van der Waals surface area contributed by atoms with Gasteiger partial charge in [-0.25, -0.2) is 14.4 Å². The Morgan fingerprint density at radius 2 is 2.14 bits per heavy atom. The van der Waals surface area contributed by atoms with Gasteiger partial charge in [0.1, 0.15) is 5.82 Å². The molecule has 6 nitrogen and oxygen atoms in total. The number of nitrogen functional groups attached to an aromatic ring is 1. The molecule has 0 bridgehead atoms. The van der Waals surface area contributed by atoms with E-state index in [-0.39, 0.29) is 29.3 Å². The maximum Gasteiger partial charge on any atom is 0.273 e. The SMILES string of the molecule is CNC(=O)c1nc(-c2cccc(CNC3CCc4cc(F)ccc43)c2)cnc1N. The molecule has 4 rings (SSSR count).